The zero-order valence-electron chi connectivity index (χ0n) is 12.4. The monoisotopic (exact) mass is 382 g/mol. The Kier molecular flexibility index (Phi) is 7.98. The van der Waals surface area contributed by atoms with Gasteiger partial charge >= 0.3 is 31.8 Å². The van der Waals surface area contributed by atoms with Crippen molar-refractivity contribution in [3.63, 3.8) is 0 Å². The Bertz CT molecular complexity index is 526. The van der Waals surface area contributed by atoms with Crippen LogP contribution in [0.5, 0.6) is 0 Å². The Morgan fingerprint density at radius 1 is 0.652 bits per heavy atom. The zero-order chi connectivity index (χ0) is 17.0. The van der Waals surface area contributed by atoms with E-state index in [0.29, 0.717) is 11.1 Å². The minimum atomic E-state index is -4.25. The molecule has 0 amide bonds. The van der Waals surface area contributed by atoms with Gasteiger partial charge in [0.25, 0.3) is 0 Å². The van der Waals surface area contributed by atoms with E-state index < -0.39 is 23.5 Å². The van der Waals surface area contributed by atoms with Crippen LogP contribution in [0.3, 0.4) is 0 Å². The maximum Gasteiger partial charge on any atom is 2.00 e. The summed E-state index contributed by atoms with van der Waals surface area (Å²) in [4.78, 5) is 0. The smallest absolute Gasteiger partial charge is 0.180 e. The predicted octanol–water partition coefficient (Wildman–Crippen LogP) is 5.63. The van der Waals surface area contributed by atoms with Crippen molar-refractivity contribution in [2.45, 2.75) is 26.2 Å². The van der Waals surface area contributed by atoms with Crippen LogP contribution in [-0.4, -0.2) is 0 Å². The van der Waals surface area contributed by atoms with E-state index in [0.717, 1.165) is 24.3 Å². The van der Waals surface area contributed by atoms with E-state index >= 15 is 0 Å². The minimum Gasteiger partial charge on any atom is -0.180 e. The molecule has 0 saturated carbocycles. The first-order valence-electron chi connectivity index (χ1n) is 6.11. The molecule has 2 aromatic carbocycles. The van der Waals surface area contributed by atoms with Gasteiger partial charge in [-0.2, -0.15) is 86.0 Å². The average molecular weight is 384 g/mol. The molecular weight excluding hydrogens is 372 g/mol. The molecule has 0 aromatic heterocycles. The van der Waals surface area contributed by atoms with E-state index in [-0.39, 0.29) is 19.5 Å². The third-order valence-corrected chi connectivity index (χ3v) is 2.59. The van der Waals surface area contributed by atoms with E-state index in [4.69, 9.17) is 0 Å². The van der Waals surface area contributed by atoms with Gasteiger partial charge in [-0.3, -0.25) is 0 Å². The molecule has 0 nitrogen and oxygen atoms in total. The first-order valence-corrected chi connectivity index (χ1v) is 6.11. The first-order chi connectivity index (χ1) is 10.00. The largest absolute Gasteiger partial charge is 2.00 e. The Labute approximate surface area is 143 Å². The molecule has 2 aromatic rings. The topological polar surface area (TPSA) is 0 Å². The molecule has 0 radical (unpaired) electrons. The Balaban J connectivity index is 0.000000403. The minimum absolute atomic E-state index is 0. The quantitative estimate of drug-likeness (QED) is 0.314. The van der Waals surface area contributed by atoms with Crippen molar-refractivity contribution in [2.75, 3.05) is 0 Å². The molecule has 0 aliphatic heterocycles. The van der Waals surface area contributed by atoms with E-state index in [1.165, 1.54) is 12.1 Å². The molecule has 0 bridgehead atoms. The number of hydrogen-bond acceptors (Lipinski definition) is 0. The molecule has 2 rings (SSSR count). The van der Waals surface area contributed by atoms with Gasteiger partial charge in [0.1, 0.15) is 0 Å². The van der Waals surface area contributed by atoms with Crippen LogP contribution in [0.25, 0.3) is 0 Å². The summed E-state index contributed by atoms with van der Waals surface area (Å²) in [5.41, 5.74) is 0.113. The van der Waals surface area contributed by atoms with Gasteiger partial charge in [0.05, 0.1) is 0 Å². The van der Waals surface area contributed by atoms with Gasteiger partial charge in [-0.25, -0.2) is 0 Å². The fourth-order valence-corrected chi connectivity index (χ4v) is 1.36. The van der Waals surface area contributed by atoms with Gasteiger partial charge in [0.15, 0.2) is 0 Å². The predicted molar refractivity (Wildman–Crippen MR) is 70.0 cm³/mol. The average Bonchev–Trinajstić information content (AvgIpc) is 2.38. The summed E-state index contributed by atoms with van der Waals surface area (Å²) in [6.45, 7) is 3.39. The molecule has 0 atom stereocenters. The molecule has 0 aliphatic carbocycles. The summed E-state index contributed by atoms with van der Waals surface area (Å²) in [6.07, 6.45) is -8.49. The zero-order valence-corrected chi connectivity index (χ0v) is 15.4. The number of benzene rings is 2. The molecule has 23 heavy (non-hydrogen) atoms. The van der Waals surface area contributed by atoms with E-state index in [1.807, 2.05) is 0 Å². The van der Waals surface area contributed by atoms with Crippen molar-refractivity contribution in [1.82, 2.24) is 0 Å². The Morgan fingerprint density at radius 2 is 0.957 bits per heavy atom. The second-order valence-electron chi connectivity index (χ2n) is 4.52. The van der Waals surface area contributed by atoms with Gasteiger partial charge in [-0.05, 0) is 0 Å². The SMILES string of the molecule is Cc1[c-]cc(C(F)(F)F)cc1.Cc1[c-]cc(C(F)(F)F)cc1.[Zn+2]. The molecule has 0 unspecified atom stereocenters. The summed E-state index contributed by atoms with van der Waals surface area (Å²) >= 11 is 0. The summed E-state index contributed by atoms with van der Waals surface area (Å²) in [7, 11) is 0. The van der Waals surface area contributed by atoms with Crippen LogP contribution in [0.2, 0.25) is 0 Å². The third-order valence-electron chi connectivity index (χ3n) is 2.59. The Hall–Kier alpha value is -1.36. The maximum absolute atomic E-state index is 11.9. The van der Waals surface area contributed by atoms with E-state index in [1.54, 1.807) is 13.8 Å². The molecule has 0 saturated heterocycles. The number of aryl methyl sites for hydroxylation is 2. The van der Waals surface area contributed by atoms with Crippen molar-refractivity contribution in [1.29, 1.82) is 0 Å². The molecule has 7 heteroatoms. The number of halogens is 6. The fraction of sp³-hybridized carbons (Fsp3) is 0.250. The van der Waals surface area contributed by atoms with E-state index in [9.17, 15) is 26.3 Å². The number of rotatable bonds is 0. The van der Waals surface area contributed by atoms with E-state index in [2.05, 4.69) is 12.1 Å². The third kappa shape index (κ3) is 7.64. The molecule has 0 spiro atoms. The summed E-state index contributed by atoms with van der Waals surface area (Å²) in [5, 5.41) is 0. The molecule has 0 fully saturated rings. The molecule has 0 heterocycles. The van der Waals surface area contributed by atoms with Crippen LogP contribution in [-0.2, 0) is 31.8 Å². The molecule has 0 aliphatic rings. The second-order valence-corrected chi connectivity index (χ2v) is 4.52. The molecule has 120 valence electrons. The fourth-order valence-electron chi connectivity index (χ4n) is 1.36. The van der Waals surface area contributed by atoms with Crippen molar-refractivity contribution in [3.8, 4) is 0 Å². The van der Waals surface area contributed by atoms with Crippen molar-refractivity contribution < 1.29 is 45.8 Å². The van der Waals surface area contributed by atoms with Crippen molar-refractivity contribution in [2.24, 2.45) is 0 Å². The van der Waals surface area contributed by atoms with Gasteiger partial charge < -0.3 is 0 Å². The summed E-state index contributed by atoms with van der Waals surface area (Å²) < 4.78 is 71.4. The van der Waals surface area contributed by atoms with Crippen LogP contribution in [0, 0.1) is 26.0 Å². The van der Waals surface area contributed by atoms with Crippen molar-refractivity contribution in [3.05, 3.63) is 70.8 Å². The van der Waals surface area contributed by atoms with Crippen molar-refractivity contribution >= 4 is 0 Å². The van der Waals surface area contributed by atoms with Gasteiger partial charge in [0.2, 0.25) is 0 Å². The number of hydrogen-bond donors (Lipinski definition) is 0. The van der Waals surface area contributed by atoms with Gasteiger partial charge in [0, 0.05) is 0 Å². The summed E-state index contributed by atoms with van der Waals surface area (Å²) in [5.74, 6) is 0. The van der Waals surface area contributed by atoms with Gasteiger partial charge in [-0.1, -0.05) is 25.0 Å². The van der Waals surface area contributed by atoms with Crippen LogP contribution in [0.4, 0.5) is 26.3 Å². The van der Waals surface area contributed by atoms with Gasteiger partial charge in [-0.15, -0.1) is 0 Å². The van der Waals surface area contributed by atoms with Crippen LogP contribution >= 0.6 is 0 Å². The van der Waals surface area contributed by atoms with Crippen LogP contribution < -0.4 is 0 Å². The first kappa shape index (κ1) is 21.6. The second kappa shape index (κ2) is 8.48. The van der Waals surface area contributed by atoms with Crippen LogP contribution in [0.1, 0.15) is 22.3 Å². The molecular formula is C16H12F6Zn. The standard InChI is InChI=1S/2C8H6F3.Zn/c2*1-6-2-4-7(5-3-6)8(9,10)11;/h2*2,4-5H,1H3;/q2*-1;+2. The summed E-state index contributed by atoms with van der Waals surface area (Å²) in [6, 6.07) is 11.8. The maximum atomic E-state index is 11.9. The number of alkyl halides is 6. The normalized spacial score (nSPS) is 11.1. The molecule has 0 N–H and O–H groups in total. The Morgan fingerprint density at radius 3 is 1.13 bits per heavy atom. The van der Waals surface area contributed by atoms with Crippen LogP contribution in [0.15, 0.2) is 36.4 Å².